The number of pyridine rings is 1. The van der Waals surface area contributed by atoms with Crippen LogP contribution in [0.3, 0.4) is 0 Å². The molecule has 0 radical (unpaired) electrons. The molecule has 5 nitrogen and oxygen atoms in total. The van der Waals surface area contributed by atoms with E-state index < -0.39 is 11.9 Å². The van der Waals surface area contributed by atoms with Gasteiger partial charge in [0.15, 0.2) is 0 Å². The highest BCUT2D eigenvalue weighted by molar-refractivity contribution is 6.35. The Morgan fingerprint density at radius 1 is 1.42 bits per heavy atom. The van der Waals surface area contributed by atoms with Crippen molar-refractivity contribution in [3.05, 3.63) is 41.0 Å². The van der Waals surface area contributed by atoms with E-state index in [1.54, 1.807) is 24.3 Å². The number of aromatic nitrogens is 1. The summed E-state index contributed by atoms with van der Waals surface area (Å²) in [6.45, 7) is -0.355. The number of para-hydroxylation sites is 1. The predicted octanol–water partition coefficient (Wildman–Crippen LogP) is 2.04. The van der Waals surface area contributed by atoms with Crippen LogP contribution in [0.4, 0.5) is 0 Å². The number of aliphatic carboxylic acids is 1. The van der Waals surface area contributed by atoms with Crippen molar-refractivity contribution >= 4 is 34.4 Å². The quantitative estimate of drug-likeness (QED) is 0.933. The Labute approximate surface area is 114 Å². The molecule has 0 bridgehead atoms. The van der Waals surface area contributed by atoms with E-state index in [1.807, 2.05) is 0 Å². The minimum absolute atomic E-state index is 0.332. The lowest BCUT2D eigenvalue weighted by atomic mass is 10.1. The van der Waals surface area contributed by atoms with Crippen molar-refractivity contribution in [3.63, 3.8) is 0 Å². The fraction of sp³-hybridized carbons (Fsp3) is 0.154. The summed E-state index contributed by atoms with van der Waals surface area (Å²) in [5.41, 5.74) is 0.945. The highest BCUT2D eigenvalue weighted by Gasteiger charge is 2.15. The van der Waals surface area contributed by atoms with Crippen molar-refractivity contribution in [1.82, 2.24) is 9.88 Å². The Balaban J connectivity index is 2.36. The summed E-state index contributed by atoms with van der Waals surface area (Å²) < 4.78 is 0. The molecule has 1 N–H and O–H groups in total. The van der Waals surface area contributed by atoms with Gasteiger partial charge in [0.05, 0.1) is 16.1 Å². The molecule has 0 spiro atoms. The fourth-order valence-corrected chi connectivity index (χ4v) is 1.97. The number of fused-ring (bicyclic) bond motifs is 1. The summed E-state index contributed by atoms with van der Waals surface area (Å²) in [6.07, 6.45) is 1.40. The summed E-state index contributed by atoms with van der Waals surface area (Å²) in [7, 11) is 1.43. The zero-order valence-corrected chi connectivity index (χ0v) is 10.9. The number of likely N-dealkylation sites (N-methyl/N-ethyl adjacent to an activating group) is 1. The predicted molar refractivity (Wildman–Crippen MR) is 71.3 cm³/mol. The van der Waals surface area contributed by atoms with Gasteiger partial charge < -0.3 is 10.0 Å². The number of carboxylic acid groups (broad SMARTS) is 1. The van der Waals surface area contributed by atoms with E-state index in [4.69, 9.17) is 16.7 Å². The van der Waals surface area contributed by atoms with Gasteiger partial charge in [0, 0.05) is 18.6 Å². The third-order valence-corrected chi connectivity index (χ3v) is 2.93. The summed E-state index contributed by atoms with van der Waals surface area (Å²) >= 11 is 5.98. The second-order valence-corrected chi connectivity index (χ2v) is 4.50. The first-order chi connectivity index (χ1) is 8.99. The number of hydrogen-bond donors (Lipinski definition) is 1. The van der Waals surface area contributed by atoms with Crippen LogP contribution < -0.4 is 0 Å². The first kappa shape index (κ1) is 13.3. The first-order valence-electron chi connectivity index (χ1n) is 5.50. The van der Waals surface area contributed by atoms with Gasteiger partial charge in [-0.05, 0) is 12.1 Å². The van der Waals surface area contributed by atoms with Crippen LogP contribution in [-0.4, -0.2) is 40.5 Å². The Morgan fingerprint density at radius 2 is 2.16 bits per heavy atom. The molecule has 1 aromatic heterocycles. The van der Waals surface area contributed by atoms with Gasteiger partial charge in [-0.1, -0.05) is 23.7 Å². The van der Waals surface area contributed by atoms with E-state index in [9.17, 15) is 9.59 Å². The van der Waals surface area contributed by atoms with Gasteiger partial charge in [0.2, 0.25) is 0 Å². The average molecular weight is 279 g/mol. The largest absolute Gasteiger partial charge is 0.480 e. The van der Waals surface area contributed by atoms with Gasteiger partial charge in [-0.2, -0.15) is 0 Å². The molecular formula is C13H11ClN2O3. The zero-order chi connectivity index (χ0) is 14.0. The Kier molecular flexibility index (Phi) is 3.66. The summed E-state index contributed by atoms with van der Waals surface area (Å²) in [5, 5.41) is 9.91. The highest BCUT2D eigenvalue weighted by Crippen LogP contribution is 2.22. The molecule has 2 rings (SSSR count). The van der Waals surface area contributed by atoms with Crippen molar-refractivity contribution in [3.8, 4) is 0 Å². The molecular weight excluding hydrogens is 268 g/mol. The SMILES string of the molecule is CN(CC(=O)O)C(=O)c1cnc2c(Cl)cccc2c1. The van der Waals surface area contributed by atoms with E-state index in [0.717, 1.165) is 10.3 Å². The Morgan fingerprint density at radius 3 is 2.84 bits per heavy atom. The van der Waals surface area contributed by atoms with E-state index in [0.29, 0.717) is 16.1 Å². The highest BCUT2D eigenvalue weighted by atomic mass is 35.5. The number of amides is 1. The zero-order valence-electron chi connectivity index (χ0n) is 10.1. The van der Waals surface area contributed by atoms with E-state index >= 15 is 0 Å². The van der Waals surface area contributed by atoms with Gasteiger partial charge >= 0.3 is 5.97 Å². The molecule has 6 heteroatoms. The second kappa shape index (κ2) is 5.24. The van der Waals surface area contributed by atoms with Crippen LogP contribution >= 0.6 is 11.6 Å². The van der Waals surface area contributed by atoms with Crippen LogP contribution in [0.25, 0.3) is 10.9 Å². The maximum absolute atomic E-state index is 12.0. The fourth-order valence-electron chi connectivity index (χ4n) is 1.74. The number of carboxylic acids is 1. The molecule has 0 saturated carbocycles. The molecule has 0 atom stereocenters. The number of halogens is 1. The molecule has 0 aliphatic rings. The number of carbonyl (C=O) groups is 2. The number of benzene rings is 1. The van der Waals surface area contributed by atoms with Crippen LogP contribution in [-0.2, 0) is 4.79 Å². The number of hydrogen-bond acceptors (Lipinski definition) is 3. The Hall–Kier alpha value is -2.14. The third kappa shape index (κ3) is 2.82. The van der Waals surface area contributed by atoms with E-state index in [-0.39, 0.29) is 6.54 Å². The maximum Gasteiger partial charge on any atom is 0.323 e. The second-order valence-electron chi connectivity index (χ2n) is 4.09. The molecule has 19 heavy (non-hydrogen) atoms. The molecule has 1 heterocycles. The van der Waals surface area contributed by atoms with Gasteiger partial charge in [-0.15, -0.1) is 0 Å². The number of carbonyl (C=O) groups excluding carboxylic acids is 1. The lowest BCUT2D eigenvalue weighted by Crippen LogP contribution is -2.31. The molecule has 0 aliphatic carbocycles. The molecule has 1 amide bonds. The topological polar surface area (TPSA) is 70.5 Å². The standard InChI is InChI=1S/C13H11ClN2O3/c1-16(7-11(17)18)13(19)9-5-8-3-2-4-10(14)12(8)15-6-9/h2-6H,7H2,1H3,(H,17,18). The molecule has 1 aromatic carbocycles. The summed E-state index contributed by atoms with van der Waals surface area (Å²) in [5.74, 6) is -1.45. The van der Waals surface area contributed by atoms with Gasteiger partial charge in [-0.3, -0.25) is 14.6 Å². The van der Waals surface area contributed by atoms with E-state index in [1.165, 1.54) is 13.2 Å². The molecule has 0 saturated heterocycles. The van der Waals surface area contributed by atoms with Gasteiger partial charge in [-0.25, -0.2) is 0 Å². The van der Waals surface area contributed by atoms with Crippen molar-refractivity contribution < 1.29 is 14.7 Å². The van der Waals surface area contributed by atoms with Crippen LogP contribution in [0.1, 0.15) is 10.4 Å². The van der Waals surface area contributed by atoms with Crippen molar-refractivity contribution in [2.45, 2.75) is 0 Å². The number of rotatable bonds is 3. The van der Waals surface area contributed by atoms with Crippen molar-refractivity contribution in [2.24, 2.45) is 0 Å². The summed E-state index contributed by atoms with van der Waals surface area (Å²) in [4.78, 5) is 27.8. The minimum Gasteiger partial charge on any atom is -0.480 e. The molecule has 0 unspecified atom stereocenters. The monoisotopic (exact) mass is 278 g/mol. The lowest BCUT2D eigenvalue weighted by molar-refractivity contribution is -0.137. The molecule has 0 fully saturated rings. The van der Waals surface area contributed by atoms with Crippen molar-refractivity contribution in [2.75, 3.05) is 13.6 Å². The van der Waals surface area contributed by atoms with Crippen LogP contribution in [0.15, 0.2) is 30.5 Å². The third-order valence-electron chi connectivity index (χ3n) is 2.63. The average Bonchev–Trinajstić information content (AvgIpc) is 2.37. The smallest absolute Gasteiger partial charge is 0.323 e. The molecule has 2 aromatic rings. The molecule has 0 aliphatic heterocycles. The lowest BCUT2D eigenvalue weighted by Gasteiger charge is -2.14. The molecule has 98 valence electrons. The van der Waals surface area contributed by atoms with Gasteiger partial charge in [0.1, 0.15) is 6.54 Å². The van der Waals surface area contributed by atoms with Crippen molar-refractivity contribution in [1.29, 1.82) is 0 Å². The van der Waals surface area contributed by atoms with Crippen LogP contribution in [0, 0.1) is 0 Å². The van der Waals surface area contributed by atoms with Gasteiger partial charge in [0.25, 0.3) is 5.91 Å². The first-order valence-corrected chi connectivity index (χ1v) is 5.88. The summed E-state index contributed by atoms with van der Waals surface area (Å²) in [6, 6.07) is 6.92. The normalized spacial score (nSPS) is 10.4. The minimum atomic E-state index is -1.06. The Bertz CT molecular complexity index is 657. The maximum atomic E-state index is 12.0. The van der Waals surface area contributed by atoms with E-state index in [2.05, 4.69) is 4.98 Å². The van der Waals surface area contributed by atoms with Crippen LogP contribution in [0.2, 0.25) is 5.02 Å². The van der Waals surface area contributed by atoms with Crippen LogP contribution in [0.5, 0.6) is 0 Å². The number of nitrogens with zero attached hydrogens (tertiary/aromatic N) is 2.